The van der Waals surface area contributed by atoms with Gasteiger partial charge in [0.15, 0.2) is 0 Å². The number of carbonyl (C=O) groups is 1. The Kier molecular flexibility index (Phi) is 4.48. The molecule has 1 fully saturated rings. The van der Waals surface area contributed by atoms with Crippen molar-refractivity contribution in [3.63, 3.8) is 0 Å². The van der Waals surface area contributed by atoms with Crippen LogP contribution in [0.15, 0.2) is 28.4 Å². The molecule has 1 saturated heterocycles. The molecule has 2 heterocycles. The zero-order valence-electron chi connectivity index (χ0n) is 14.5. The van der Waals surface area contributed by atoms with Crippen molar-refractivity contribution in [3.05, 3.63) is 23.4 Å². The van der Waals surface area contributed by atoms with Gasteiger partial charge in [0.25, 0.3) is 0 Å². The predicted molar refractivity (Wildman–Crippen MR) is 84.0 cm³/mol. The lowest BCUT2D eigenvalue weighted by Crippen LogP contribution is -2.51. The van der Waals surface area contributed by atoms with Crippen LogP contribution in [0.25, 0.3) is 0 Å². The number of rotatable bonds is 2. The highest BCUT2D eigenvalue weighted by molar-refractivity contribution is 5.98. The third-order valence-corrected chi connectivity index (χ3v) is 5.79. The number of aliphatic hydroxyl groups is 1. The van der Waals surface area contributed by atoms with Crippen molar-refractivity contribution in [2.24, 2.45) is 16.8 Å². The maximum absolute atomic E-state index is 13.3. The van der Waals surface area contributed by atoms with Crippen LogP contribution in [-0.4, -0.2) is 59.1 Å². The minimum Gasteiger partial charge on any atom is -0.384 e. The minimum atomic E-state index is -4.87. The first-order chi connectivity index (χ1) is 12.3. The fourth-order valence-electron chi connectivity index (χ4n) is 4.36. The molecule has 0 bridgehead atoms. The molecule has 4 nitrogen and oxygen atoms in total. The highest BCUT2D eigenvalue weighted by Crippen LogP contribution is 2.55. The van der Waals surface area contributed by atoms with Gasteiger partial charge in [0, 0.05) is 37.3 Å². The van der Waals surface area contributed by atoms with Crippen molar-refractivity contribution < 1.29 is 36.2 Å². The second-order valence-corrected chi connectivity index (χ2v) is 7.19. The molecule has 1 N–H and O–H groups in total. The molecule has 0 aromatic rings. The van der Waals surface area contributed by atoms with Crippen molar-refractivity contribution in [1.82, 2.24) is 4.90 Å². The number of halogens is 6. The number of ketones is 1. The Labute approximate surface area is 151 Å². The number of hydrogen-bond acceptors (Lipinski definition) is 4. The predicted octanol–water partition coefficient (Wildman–Crippen LogP) is 3.03. The second-order valence-electron chi connectivity index (χ2n) is 7.19. The van der Waals surface area contributed by atoms with E-state index in [0.29, 0.717) is 0 Å². The highest BCUT2D eigenvalue weighted by atomic mass is 19.4. The number of carbonyl (C=O) groups excluding carboxylic acids is 1. The minimum absolute atomic E-state index is 0.0542. The number of hydrogen-bond donors (Lipinski definition) is 1. The third kappa shape index (κ3) is 2.97. The van der Waals surface area contributed by atoms with Gasteiger partial charge in [-0.15, -0.1) is 0 Å². The molecule has 10 heteroatoms. The summed E-state index contributed by atoms with van der Waals surface area (Å²) < 4.78 is 78.7. The number of Topliss-reactive ketones (excluding diaryl/α,β-unsaturated/α-hetero) is 1. The first kappa shape index (κ1) is 19.9. The van der Waals surface area contributed by atoms with Crippen LogP contribution >= 0.6 is 0 Å². The molecular weight excluding hydrogens is 378 g/mol. The fraction of sp³-hybridized carbons (Fsp3) is 0.647. The smallest absolute Gasteiger partial charge is 0.384 e. The van der Waals surface area contributed by atoms with E-state index in [2.05, 4.69) is 4.99 Å². The summed E-state index contributed by atoms with van der Waals surface area (Å²) in [5.74, 6) is -2.84. The van der Waals surface area contributed by atoms with Crippen molar-refractivity contribution in [2.45, 2.75) is 49.8 Å². The molecule has 0 saturated carbocycles. The summed E-state index contributed by atoms with van der Waals surface area (Å²) in [5, 5.41) is 9.58. The van der Waals surface area contributed by atoms with Crippen LogP contribution in [-0.2, 0) is 4.79 Å². The van der Waals surface area contributed by atoms with Crippen molar-refractivity contribution in [3.8, 4) is 0 Å². The van der Waals surface area contributed by atoms with E-state index in [4.69, 9.17) is 0 Å². The highest BCUT2D eigenvalue weighted by Gasteiger charge is 2.63. The fourth-order valence-corrected chi connectivity index (χ4v) is 4.36. The molecule has 0 aromatic heterocycles. The van der Waals surface area contributed by atoms with Gasteiger partial charge in [-0.05, 0) is 19.4 Å². The van der Waals surface area contributed by atoms with E-state index in [1.807, 2.05) is 0 Å². The topological polar surface area (TPSA) is 52.9 Å². The molecule has 5 atom stereocenters. The average Bonchev–Trinajstić information content (AvgIpc) is 2.74. The van der Waals surface area contributed by atoms with Gasteiger partial charge < -0.3 is 10.0 Å². The SMILES string of the molecule is CC1C(CC(O)C(F)(F)F)C23N=CCC(=O)C2C=C(C(F)(F)F)C=C3N1C. The lowest BCUT2D eigenvalue weighted by molar-refractivity contribution is -0.209. The summed E-state index contributed by atoms with van der Waals surface area (Å²) in [7, 11) is 1.46. The standard InChI is InChI=1S/C17H18F6N2O2/c1-8-10(7-14(27)17(21,22)23)15-11(12(26)3-4-24-15)5-9(16(18,19)20)6-13(15)25(8)2/h4-6,8,10-11,14,27H,3,7H2,1-2H3. The van der Waals surface area contributed by atoms with Gasteiger partial charge >= 0.3 is 12.4 Å². The van der Waals surface area contributed by atoms with E-state index >= 15 is 0 Å². The summed E-state index contributed by atoms with van der Waals surface area (Å²) in [6.07, 6.45) is -10.3. The monoisotopic (exact) mass is 396 g/mol. The number of aliphatic hydroxyl groups excluding tert-OH is 1. The second kappa shape index (κ2) is 6.08. The van der Waals surface area contributed by atoms with Crippen LogP contribution in [0.4, 0.5) is 26.3 Å². The molecule has 2 aliphatic heterocycles. The van der Waals surface area contributed by atoms with Crippen molar-refractivity contribution in [1.29, 1.82) is 0 Å². The van der Waals surface area contributed by atoms with Gasteiger partial charge in [0.1, 0.15) is 17.4 Å². The molecule has 0 amide bonds. The number of nitrogens with zero attached hydrogens (tertiary/aromatic N) is 2. The summed E-state index contributed by atoms with van der Waals surface area (Å²) in [6.45, 7) is 1.56. The first-order valence-corrected chi connectivity index (χ1v) is 8.35. The zero-order valence-corrected chi connectivity index (χ0v) is 14.5. The van der Waals surface area contributed by atoms with Gasteiger partial charge in [0.05, 0.1) is 11.5 Å². The maximum atomic E-state index is 13.3. The Hall–Kier alpha value is -1.84. The average molecular weight is 396 g/mol. The van der Waals surface area contributed by atoms with Crippen LogP contribution < -0.4 is 0 Å². The van der Waals surface area contributed by atoms with E-state index in [0.717, 1.165) is 12.2 Å². The molecular formula is C17H18F6N2O2. The van der Waals surface area contributed by atoms with Crippen LogP contribution in [0.1, 0.15) is 19.8 Å². The molecule has 1 aliphatic carbocycles. The maximum Gasteiger partial charge on any atom is 0.416 e. The lowest BCUT2D eigenvalue weighted by atomic mass is 9.65. The summed E-state index contributed by atoms with van der Waals surface area (Å²) >= 11 is 0. The largest absolute Gasteiger partial charge is 0.416 e. The molecule has 27 heavy (non-hydrogen) atoms. The van der Waals surface area contributed by atoms with Gasteiger partial charge in [-0.1, -0.05) is 6.08 Å². The summed E-state index contributed by atoms with van der Waals surface area (Å²) in [6, 6.07) is -0.653. The third-order valence-electron chi connectivity index (χ3n) is 5.79. The van der Waals surface area contributed by atoms with Gasteiger partial charge in [-0.3, -0.25) is 9.79 Å². The molecule has 3 aliphatic rings. The molecule has 5 unspecified atom stereocenters. The Morgan fingerprint density at radius 3 is 2.52 bits per heavy atom. The summed E-state index contributed by atoms with van der Waals surface area (Å²) in [5.41, 5.74) is -2.53. The Morgan fingerprint density at radius 1 is 1.33 bits per heavy atom. The lowest BCUT2D eigenvalue weighted by Gasteiger charge is -2.42. The van der Waals surface area contributed by atoms with E-state index in [-0.39, 0.29) is 12.1 Å². The van der Waals surface area contributed by atoms with E-state index in [9.17, 15) is 36.2 Å². The van der Waals surface area contributed by atoms with Crippen molar-refractivity contribution >= 4 is 12.0 Å². The number of alkyl halides is 6. The van der Waals surface area contributed by atoms with Crippen LogP contribution in [0.2, 0.25) is 0 Å². The van der Waals surface area contributed by atoms with Gasteiger partial charge in [0.2, 0.25) is 0 Å². The molecule has 1 spiro atoms. The van der Waals surface area contributed by atoms with Crippen LogP contribution in [0.5, 0.6) is 0 Å². The normalized spacial score (nSPS) is 34.8. The van der Waals surface area contributed by atoms with Crippen LogP contribution in [0.3, 0.4) is 0 Å². The van der Waals surface area contributed by atoms with E-state index < -0.39 is 59.7 Å². The summed E-state index contributed by atoms with van der Waals surface area (Å²) in [4.78, 5) is 18.2. The number of likely N-dealkylation sites (N-methyl/N-ethyl adjacent to an activating group) is 1. The van der Waals surface area contributed by atoms with Gasteiger partial charge in [-0.2, -0.15) is 26.3 Å². The molecule has 150 valence electrons. The Balaban J connectivity index is 2.14. The van der Waals surface area contributed by atoms with Gasteiger partial charge in [-0.25, -0.2) is 0 Å². The Bertz CT molecular complexity index is 739. The van der Waals surface area contributed by atoms with Crippen molar-refractivity contribution in [2.75, 3.05) is 7.05 Å². The zero-order chi connectivity index (χ0) is 20.4. The molecule has 0 radical (unpaired) electrons. The first-order valence-electron chi connectivity index (χ1n) is 8.35. The Morgan fingerprint density at radius 2 is 1.96 bits per heavy atom. The van der Waals surface area contributed by atoms with E-state index in [1.165, 1.54) is 18.2 Å². The van der Waals surface area contributed by atoms with E-state index in [1.54, 1.807) is 6.92 Å². The molecule has 0 aromatic carbocycles. The number of aliphatic imine (C=N–C) groups is 1. The quantitative estimate of drug-likeness (QED) is 0.730. The molecule has 3 rings (SSSR count). The number of likely N-dealkylation sites (tertiary alicyclic amines) is 1. The van der Waals surface area contributed by atoms with Crippen LogP contribution in [0, 0.1) is 11.8 Å². The number of allylic oxidation sites excluding steroid dienone is 2.